The molecule has 0 saturated heterocycles. The number of halogens is 5. The summed E-state index contributed by atoms with van der Waals surface area (Å²) in [7, 11) is 0. The van der Waals surface area contributed by atoms with E-state index in [1.54, 1.807) is 5.40 Å². The molecule has 0 radical (unpaired) electrons. The van der Waals surface area contributed by atoms with Crippen molar-refractivity contribution in [3.63, 3.8) is 0 Å². The lowest BCUT2D eigenvalue weighted by molar-refractivity contribution is -0.140. The highest BCUT2D eigenvalue weighted by atomic mass is 35.5. The van der Waals surface area contributed by atoms with Crippen molar-refractivity contribution in [2.24, 2.45) is 0 Å². The van der Waals surface area contributed by atoms with E-state index in [0.717, 1.165) is 4.68 Å². The van der Waals surface area contributed by atoms with Gasteiger partial charge in [0.05, 0.1) is 16.1 Å². The SMILES string of the molecule is N#CSc1cnn(-c2nc(F)c(C(F)(F)F)cc2Cl)c1N. The van der Waals surface area contributed by atoms with Crippen molar-refractivity contribution >= 4 is 29.2 Å². The number of hydrogen-bond acceptors (Lipinski definition) is 5. The fourth-order valence-corrected chi connectivity index (χ4v) is 2.06. The summed E-state index contributed by atoms with van der Waals surface area (Å²) in [6.45, 7) is 0. The van der Waals surface area contributed by atoms with E-state index < -0.39 is 28.5 Å². The lowest BCUT2D eigenvalue weighted by Gasteiger charge is -2.11. The average Bonchev–Trinajstić information content (AvgIpc) is 2.73. The van der Waals surface area contributed by atoms with E-state index in [4.69, 9.17) is 22.6 Å². The quantitative estimate of drug-likeness (QED) is 0.394. The minimum absolute atomic E-state index is 0.0879. The highest BCUT2D eigenvalue weighted by molar-refractivity contribution is 8.03. The molecule has 2 heterocycles. The summed E-state index contributed by atoms with van der Waals surface area (Å²) in [5, 5.41) is 13.5. The van der Waals surface area contributed by atoms with Crippen LogP contribution in [0.5, 0.6) is 0 Å². The number of thiocyanates is 1. The molecule has 0 aliphatic rings. The van der Waals surface area contributed by atoms with Gasteiger partial charge in [-0.05, 0) is 17.8 Å². The molecule has 0 atom stereocenters. The third kappa shape index (κ3) is 2.88. The van der Waals surface area contributed by atoms with Crippen LogP contribution in [0.4, 0.5) is 23.4 Å². The van der Waals surface area contributed by atoms with E-state index in [2.05, 4.69) is 10.1 Å². The second-order valence-electron chi connectivity index (χ2n) is 3.63. The van der Waals surface area contributed by atoms with Crippen LogP contribution in [0.3, 0.4) is 0 Å². The highest BCUT2D eigenvalue weighted by Crippen LogP contribution is 2.35. The molecule has 0 aliphatic carbocycles. The number of pyridine rings is 1. The van der Waals surface area contributed by atoms with Gasteiger partial charge in [0.2, 0.25) is 5.95 Å². The monoisotopic (exact) mass is 337 g/mol. The number of anilines is 1. The van der Waals surface area contributed by atoms with Gasteiger partial charge in [-0.2, -0.15) is 37.6 Å². The van der Waals surface area contributed by atoms with Crippen molar-refractivity contribution in [2.45, 2.75) is 11.1 Å². The molecule has 0 aromatic carbocycles. The molecular formula is C10H4ClF4N5S. The summed E-state index contributed by atoms with van der Waals surface area (Å²) in [5.41, 5.74) is 4.06. The van der Waals surface area contributed by atoms with Gasteiger partial charge in [-0.3, -0.25) is 0 Å². The third-order valence-corrected chi connectivity index (χ3v) is 3.25. The molecule has 11 heteroatoms. The van der Waals surface area contributed by atoms with E-state index in [9.17, 15) is 17.6 Å². The summed E-state index contributed by atoms with van der Waals surface area (Å²) >= 11 is 6.37. The number of nitrogen functional groups attached to an aromatic ring is 1. The minimum Gasteiger partial charge on any atom is -0.383 e. The topological polar surface area (TPSA) is 80.5 Å². The molecule has 2 aromatic heterocycles. The molecule has 0 spiro atoms. The first kappa shape index (κ1) is 15.4. The van der Waals surface area contributed by atoms with Crippen LogP contribution in [-0.2, 0) is 6.18 Å². The Hall–Kier alpha value is -1.99. The van der Waals surface area contributed by atoms with E-state index >= 15 is 0 Å². The van der Waals surface area contributed by atoms with Crippen molar-refractivity contribution in [3.8, 4) is 11.2 Å². The van der Waals surface area contributed by atoms with Gasteiger partial charge in [0, 0.05) is 0 Å². The first-order valence-corrected chi connectivity index (χ1v) is 6.28. The van der Waals surface area contributed by atoms with Crippen molar-refractivity contribution in [2.75, 3.05) is 5.73 Å². The van der Waals surface area contributed by atoms with Crippen molar-refractivity contribution < 1.29 is 17.6 Å². The Bertz CT molecular complexity index is 736. The van der Waals surface area contributed by atoms with Gasteiger partial charge in [-0.15, -0.1) is 0 Å². The Balaban J connectivity index is 2.57. The molecule has 0 bridgehead atoms. The molecule has 110 valence electrons. The largest absolute Gasteiger partial charge is 0.420 e. The van der Waals surface area contributed by atoms with Crippen LogP contribution in [0.15, 0.2) is 17.2 Å². The van der Waals surface area contributed by atoms with Crippen LogP contribution in [0, 0.1) is 16.6 Å². The van der Waals surface area contributed by atoms with Gasteiger partial charge in [-0.1, -0.05) is 11.6 Å². The van der Waals surface area contributed by atoms with E-state index in [-0.39, 0.29) is 10.7 Å². The maximum Gasteiger partial charge on any atom is 0.420 e. The fourth-order valence-electron chi connectivity index (χ4n) is 1.44. The number of nitrogens with zero attached hydrogens (tertiary/aromatic N) is 4. The van der Waals surface area contributed by atoms with E-state index in [1.807, 2.05) is 0 Å². The summed E-state index contributed by atoms with van der Waals surface area (Å²) in [6, 6.07) is 0.400. The normalized spacial score (nSPS) is 11.4. The Morgan fingerprint density at radius 1 is 1.43 bits per heavy atom. The lowest BCUT2D eigenvalue weighted by atomic mass is 10.2. The molecule has 21 heavy (non-hydrogen) atoms. The van der Waals surface area contributed by atoms with Gasteiger partial charge >= 0.3 is 6.18 Å². The highest BCUT2D eigenvalue weighted by Gasteiger charge is 2.36. The second kappa shape index (κ2) is 5.42. The maximum atomic E-state index is 13.5. The standard InChI is InChI=1S/C10H4ClF4N5S/c11-5-1-4(10(13,14)15)7(12)19-9(5)20-8(17)6(2-18-20)21-3-16/h1-2H,17H2. The number of thioether (sulfide) groups is 1. The fraction of sp³-hybridized carbons (Fsp3) is 0.100. The predicted octanol–water partition coefficient (Wildman–Crippen LogP) is 3.23. The number of rotatable bonds is 2. The van der Waals surface area contributed by atoms with Crippen LogP contribution in [0.2, 0.25) is 5.02 Å². The summed E-state index contributed by atoms with van der Waals surface area (Å²) in [4.78, 5) is 3.40. The van der Waals surface area contributed by atoms with Gasteiger partial charge < -0.3 is 5.73 Å². The summed E-state index contributed by atoms with van der Waals surface area (Å²) in [5.74, 6) is -2.23. The van der Waals surface area contributed by atoms with Crippen LogP contribution in [-0.4, -0.2) is 14.8 Å². The molecule has 0 amide bonds. The molecular weight excluding hydrogens is 334 g/mol. The van der Waals surface area contributed by atoms with E-state index in [0.29, 0.717) is 17.8 Å². The Labute approximate surface area is 124 Å². The van der Waals surface area contributed by atoms with E-state index in [1.165, 1.54) is 6.20 Å². The van der Waals surface area contributed by atoms with Crippen LogP contribution >= 0.6 is 23.4 Å². The van der Waals surface area contributed by atoms with Crippen molar-refractivity contribution in [1.82, 2.24) is 14.8 Å². The Morgan fingerprint density at radius 3 is 2.67 bits per heavy atom. The smallest absolute Gasteiger partial charge is 0.383 e. The molecule has 5 nitrogen and oxygen atoms in total. The predicted molar refractivity (Wildman–Crippen MR) is 67.2 cm³/mol. The first-order chi connectivity index (χ1) is 9.75. The molecule has 2 aromatic rings. The van der Waals surface area contributed by atoms with Crippen LogP contribution in [0.25, 0.3) is 5.82 Å². The van der Waals surface area contributed by atoms with Gasteiger partial charge in [0.1, 0.15) is 16.8 Å². The summed E-state index contributed by atoms with van der Waals surface area (Å²) < 4.78 is 51.9. The number of nitrogens with two attached hydrogens (primary N) is 1. The molecule has 2 rings (SSSR count). The number of alkyl halides is 3. The molecule has 0 saturated carbocycles. The first-order valence-electron chi connectivity index (χ1n) is 5.08. The zero-order valence-electron chi connectivity index (χ0n) is 9.82. The van der Waals surface area contributed by atoms with Crippen molar-refractivity contribution in [1.29, 1.82) is 5.26 Å². The minimum atomic E-state index is -4.92. The van der Waals surface area contributed by atoms with Crippen molar-refractivity contribution in [3.05, 3.63) is 28.8 Å². The maximum absolute atomic E-state index is 13.5. The zero-order valence-corrected chi connectivity index (χ0v) is 11.4. The summed E-state index contributed by atoms with van der Waals surface area (Å²) in [6.07, 6.45) is -3.73. The zero-order chi connectivity index (χ0) is 15.8. The molecule has 0 fully saturated rings. The number of nitriles is 1. The van der Waals surface area contributed by atoms with Crippen LogP contribution < -0.4 is 5.73 Å². The molecule has 0 unspecified atom stereocenters. The average molecular weight is 338 g/mol. The Morgan fingerprint density at radius 2 is 2.10 bits per heavy atom. The van der Waals surface area contributed by atoms with Crippen LogP contribution in [0.1, 0.15) is 5.56 Å². The second-order valence-corrected chi connectivity index (χ2v) is 4.86. The lowest BCUT2D eigenvalue weighted by Crippen LogP contribution is -2.13. The third-order valence-electron chi connectivity index (χ3n) is 2.34. The molecule has 2 N–H and O–H groups in total. The van der Waals surface area contributed by atoms with Gasteiger partial charge in [0.25, 0.3) is 0 Å². The molecule has 0 aliphatic heterocycles. The Kier molecular flexibility index (Phi) is 3.97. The van der Waals surface area contributed by atoms with Gasteiger partial charge in [-0.25, -0.2) is 0 Å². The number of hydrogen-bond donors (Lipinski definition) is 1. The van der Waals surface area contributed by atoms with Gasteiger partial charge in [0.15, 0.2) is 5.82 Å². The number of aromatic nitrogens is 3.